The summed E-state index contributed by atoms with van der Waals surface area (Å²) in [6.45, 7) is 1.86. The number of hydrogen-bond donors (Lipinski definition) is 1. The van der Waals surface area contributed by atoms with Crippen LogP contribution >= 0.6 is 0 Å². The second kappa shape index (κ2) is 7.82. The van der Waals surface area contributed by atoms with Gasteiger partial charge in [0.15, 0.2) is 0 Å². The van der Waals surface area contributed by atoms with Gasteiger partial charge in [0.25, 0.3) is 0 Å². The molecule has 0 bridgehead atoms. The third-order valence-corrected chi connectivity index (χ3v) is 2.78. The van der Waals surface area contributed by atoms with Gasteiger partial charge in [0.1, 0.15) is 11.6 Å². The van der Waals surface area contributed by atoms with Crippen LogP contribution in [0.1, 0.15) is 24.0 Å². The number of unbranched alkanes of at least 4 members (excludes halogenated alkanes) is 1. The summed E-state index contributed by atoms with van der Waals surface area (Å²) in [4.78, 5) is 2.10. The predicted molar refractivity (Wildman–Crippen MR) is 70.6 cm³/mol. The molecule has 3 nitrogen and oxygen atoms in total. The summed E-state index contributed by atoms with van der Waals surface area (Å²) in [5.41, 5.74) is -0.00339. The molecule has 0 aliphatic heterocycles. The van der Waals surface area contributed by atoms with Crippen molar-refractivity contribution in [1.82, 2.24) is 10.2 Å². The van der Waals surface area contributed by atoms with E-state index in [1.165, 1.54) is 0 Å². The van der Waals surface area contributed by atoms with Crippen molar-refractivity contribution < 1.29 is 8.78 Å². The Morgan fingerprint density at radius 3 is 2.37 bits per heavy atom. The Bertz CT molecular complexity index is 429. The Balaban J connectivity index is 2.40. The highest BCUT2D eigenvalue weighted by molar-refractivity contribution is 5.34. The van der Waals surface area contributed by atoms with Crippen molar-refractivity contribution in [1.29, 1.82) is 5.26 Å². The lowest BCUT2D eigenvalue weighted by Crippen LogP contribution is -2.19. The SMILES string of the molecule is CN(C)CCCCNCc1c(F)cc(C#N)cc1F. The fourth-order valence-corrected chi connectivity index (χ4v) is 1.73. The zero-order valence-corrected chi connectivity index (χ0v) is 11.3. The van der Waals surface area contributed by atoms with E-state index in [4.69, 9.17) is 5.26 Å². The third kappa shape index (κ3) is 5.33. The number of nitrogens with one attached hydrogen (secondary N) is 1. The van der Waals surface area contributed by atoms with Gasteiger partial charge >= 0.3 is 0 Å². The summed E-state index contributed by atoms with van der Waals surface area (Å²) in [5, 5.41) is 11.6. The van der Waals surface area contributed by atoms with E-state index in [1.54, 1.807) is 6.07 Å². The van der Waals surface area contributed by atoms with Gasteiger partial charge in [0.05, 0.1) is 11.6 Å². The van der Waals surface area contributed by atoms with Crippen LogP contribution in [0.25, 0.3) is 0 Å². The van der Waals surface area contributed by atoms with Gasteiger partial charge in [-0.3, -0.25) is 0 Å². The summed E-state index contributed by atoms with van der Waals surface area (Å²) >= 11 is 0. The Hall–Kier alpha value is -1.51. The molecular weight excluding hydrogens is 248 g/mol. The number of hydrogen-bond acceptors (Lipinski definition) is 3. The lowest BCUT2D eigenvalue weighted by atomic mass is 10.1. The van der Waals surface area contributed by atoms with Crippen molar-refractivity contribution in [2.75, 3.05) is 27.2 Å². The molecule has 0 radical (unpaired) electrons. The molecule has 104 valence electrons. The summed E-state index contributed by atoms with van der Waals surface area (Å²) < 4.78 is 27.1. The van der Waals surface area contributed by atoms with Crippen LogP contribution in [0.15, 0.2) is 12.1 Å². The summed E-state index contributed by atoms with van der Waals surface area (Å²) in [6.07, 6.45) is 2.00. The Morgan fingerprint density at radius 1 is 1.21 bits per heavy atom. The van der Waals surface area contributed by atoms with Crippen LogP contribution in [0.3, 0.4) is 0 Å². The van der Waals surface area contributed by atoms with E-state index < -0.39 is 11.6 Å². The largest absolute Gasteiger partial charge is 0.312 e. The minimum Gasteiger partial charge on any atom is -0.312 e. The molecule has 0 unspecified atom stereocenters. The predicted octanol–water partition coefficient (Wildman–Crippen LogP) is 2.27. The van der Waals surface area contributed by atoms with E-state index in [9.17, 15) is 8.78 Å². The Morgan fingerprint density at radius 2 is 1.84 bits per heavy atom. The van der Waals surface area contributed by atoms with Crippen LogP contribution in [-0.2, 0) is 6.54 Å². The van der Waals surface area contributed by atoms with Crippen LogP contribution in [0, 0.1) is 23.0 Å². The average Bonchev–Trinajstić information content (AvgIpc) is 2.35. The van der Waals surface area contributed by atoms with Gasteiger partial charge in [-0.15, -0.1) is 0 Å². The molecule has 0 aliphatic carbocycles. The molecular formula is C14H19F2N3. The topological polar surface area (TPSA) is 39.1 Å². The van der Waals surface area contributed by atoms with Gasteiger partial charge in [-0.1, -0.05) is 0 Å². The monoisotopic (exact) mass is 267 g/mol. The Kier molecular flexibility index (Phi) is 6.40. The first-order chi connectivity index (χ1) is 9.04. The van der Waals surface area contributed by atoms with E-state index in [2.05, 4.69) is 10.2 Å². The van der Waals surface area contributed by atoms with Crippen molar-refractivity contribution >= 4 is 0 Å². The standard InChI is InChI=1S/C14H19F2N3/c1-19(2)6-4-3-5-18-10-12-13(15)7-11(9-17)8-14(12)16/h7-8,18H,3-6,10H2,1-2H3. The molecule has 0 saturated heterocycles. The van der Waals surface area contributed by atoms with E-state index in [0.29, 0.717) is 6.54 Å². The zero-order chi connectivity index (χ0) is 14.3. The van der Waals surface area contributed by atoms with Gasteiger partial charge < -0.3 is 10.2 Å². The molecule has 0 heterocycles. The number of benzene rings is 1. The lowest BCUT2D eigenvalue weighted by Gasteiger charge is -2.10. The third-order valence-electron chi connectivity index (χ3n) is 2.78. The van der Waals surface area contributed by atoms with Crippen molar-refractivity contribution in [3.63, 3.8) is 0 Å². The highest BCUT2D eigenvalue weighted by Crippen LogP contribution is 2.14. The van der Waals surface area contributed by atoms with Crippen molar-refractivity contribution in [2.45, 2.75) is 19.4 Å². The molecule has 1 aromatic rings. The maximum Gasteiger partial charge on any atom is 0.131 e. The fraction of sp³-hybridized carbons (Fsp3) is 0.500. The molecule has 0 spiro atoms. The first-order valence-electron chi connectivity index (χ1n) is 6.28. The molecule has 1 rings (SSSR count). The average molecular weight is 267 g/mol. The minimum absolute atomic E-state index is 0.00438. The normalized spacial score (nSPS) is 10.7. The van der Waals surface area contributed by atoms with E-state index >= 15 is 0 Å². The fourth-order valence-electron chi connectivity index (χ4n) is 1.73. The van der Waals surface area contributed by atoms with Crippen molar-refractivity contribution in [2.24, 2.45) is 0 Å². The number of rotatable bonds is 7. The smallest absolute Gasteiger partial charge is 0.131 e. The highest BCUT2D eigenvalue weighted by Gasteiger charge is 2.10. The minimum atomic E-state index is -0.669. The molecule has 19 heavy (non-hydrogen) atoms. The van der Waals surface area contributed by atoms with Crippen molar-refractivity contribution in [3.05, 3.63) is 34.9 Å². The molecule has 0 amide bonds. The van der Waals surface area contributed by atoms with Crippen LogP contribution in [0.5, 0.6) is 0 Å². The second-order valence-electron chi connectivity index (χ2n) is 4.72. The van der Waals surface area contributed by atoms with Crippen LogP contribution in [0.4, 0.5) is 8.78 Å². The van der Waals surface area contributed by atoms with Crippen LogP contribution < -0.4 is 5.32 Å². The maximum atomic E-state index is 13.5. The highest BCUT2D eigenvalue weighted by atomic mass is 19.1. The van der Waals surface area contributed by atoms with Gasteiger partial charge in [-0.25, -0.2) is 8.78 Å². The van der Waals surface area contributed by atoms with Gasteiger partial charge in [0, 0.05) is 12.1 Å². The van der Waals surface area contributed by atoms with E-state index in [1.807, 2.05) is 14.1 Å². The van der Waals surface area contributed by atoms with E-state index in [0.717, 1.165) is 31.5 Å². The second-order valence-corrected chi connectivity index (χ2v) is 4.72. The maximum absolute atomic E-state index is 13.5. The summed E-state index contributed by atoms with van der Waals surface area (Å²) in [7, 11) is 4.02. The molecule has 0 aliphatic rings. The molecule has 1 aromatic carbocycles. The Labute approximate surface area is 112 Å². The molecule has 5 heteroatoms. The molecule has 0 fully saturated rings. The number of halogens is 2. The summed E-state index contributed by atoms with van der Waals surface area (Å²) in [5.74, 6) is -1.34. The van der Waals surface area contributed by atoms with Crippen LogP contribution in [-0.4, -0.2) is 32.1 Å². The molecule has 0 atom stereocenters. The lowest BCUT2D eigenvalue weighted by molar-refractivity contribution is 0.391. The van der Waals surface area contributed by atoms with Gasteiger partial charge in [0.2, 0.25) is 0 Å². The summed E-state index contributed by atoms with van der Waals surface area (Å²) in [6, 6.07) is 3.85. The molecule has 1 N–H and O–H groups in total. The first kappa shape index (κ1) is 15.5. The number of nitriles is 1. The molecule has 0 saturated carbocycles. The zero-order valence-electron chi connectivity index (χ0n) is 11.3. The van der Waals surface area contributed by atoms with Gasteiger partial charge in [-0.2, -0.15) is 5.26 Å². The van der Waals surface area contributed by atoms with Gasteiger partial charge in [-0.05, 0) is 52.2 Å². The quantitative estimate of drug-likeness (QED) is 0.770. The van der Waals surface area contributed by atoms with Crippen molar-refractivity contribution in [3.8, 4) is 6.07 Å². The van der Waals surface area contributed by atoms with E-state index in [-0.39, 0.29) is 17.7 Å². The number of nitrogens with zero attached hydrogens (tertiary/aromatic N) is 2. The molecule has 0 aromatic heterocycles. The first-order valence-corrected chi connectivity index (χ1v) is 6.28. The van der Waals surface area contributed by atoms with Crippen LogP contribution in [0.2, 0.25) is 0 Å².